The molecule has 2 aliphatic heterocycles. The Bertz CT molecular complexity index is 2850. The third kappa shape index (κ3) is 9.26. The van der Waals surface area contributed by atoms with E-state index in [0.29, 0.717) is 53.8 Å². The monoisotopic (exact) mass is 984 g/mol. The standard InChI is InChI=1S/C55H58ClFN6O8/c1-53(2)67-30-40(31-68-53)65-28-42(29-66-41-32-69-54(3,4)70-33-41)71-52(64)46-34-20-22-35(23-21-34)48(46)62-27-45(57)44-26-58-49(60-51(44)62)47-43-24-39(56)25-59-50(43)63(61-47)55(36-14-8-5-9-15-36,37-16-10-6-11-17-37)38-18-12-7-13-19-38/h5-19,24-27,34-35,40-42,46,48H,20-23,28-33H2,1-4H3/t34?,35?,46-,48-/m0/s1. The van der Waals surface area contributed by atoms with Crippen molar-refractivity contribution in [2.45, 2.75) is 94.8 Å². The van der Waals surface area contributed by atoms with Crippen molar-refractivity contribution in [3.8, 4) is 11.5 Å². The van der Waals surface area contributed by atoms with E-state index in [4.69, 9.17) is 64.8 Å². The number of ether oxygens (including phenoxy) is 7. The van der Waals surface area contributed by atoms with Crippen molar-refractivity contribution in [3.63, 3.8) is 0 Å². The summed E-state index contributed by atoms with van der Waals surface area (Å²) in [5.74, 6) is -2.61. The van der Waals surface area contributed by atoms with Crippen molar-refractivity contribution in [1.29, 1.82) is 0 Å². The van der Waals surface area contributed by atoms with Crippen molar-refractivity contribution < 1.29 is 42.3 Å². The molecule has 0 radical (unpaired) electrons. The van der Waals surface area contributed by atoms with E-state index in [-0.39, 0.29) is 48.5 Å². The van der Waals surface area contributed by atoms with Crippen LogP contribution in [0.2, 0.25) is 5.02 Å². The molecule has 2 saturated heterocycles. The number of rotatable bonds is 14. The Balaban J connectivity index is 0.966. The van der Waals surface area contributed by atoms with Gasteiger partial charge >= 0.3 is 5.97 Å². The van der Waals surface area contributed by atoms with Crippen LogP contribution in [-0.4, -0.2) is 105 Å². The van der Waals surface area contributed by atoms with Crippen molar-refractivity contribution >= 4 is 39.6 Å². The van der Waals surface area contributed by atoms with Gasteiger partial charge in [0.2, 0.25) is 0 Å². The second kappa shape index (κ2) is 19.4. The number of nitrogens with zero attached hydrogens (tertiary/aromatic N) is 6. The van der Waals surface area contributed by atoms with Gasteiger partial charge in [0.1, 0.15) is 35.2 Å². The Morgan fingerprint density at radius 3 is 1.79 bits per heavy atom. The third-order valence-electron chi connectivity index (χ3n) is 14.7. The van der Waals surface area contributed by atoms with E-state index in [1.165, 1.54) is 12.4 Å². The summed E-state index contributed by atoms with van der Waals surface area (Å²) in [6.45, 7) is 8.83. The van der Waals surface area contributed by atoms with E-state index in [9.17, 15) is 4.79 Å². The molecule has 7 aromatic rings. The molecule has 0 amide bonds. The summed E-state index contributed by atoms with van der Waals surface area (Å²) in [6, 6.07) is 32.0. The van der Waals surface area contributed by atoms with Crippen LogP contribution in [0.4, 0.5) is 4.39 Å². The predicted molar refractivity (Wildman–Crippen MR) is 263 cm³/mol. The van der Waals surface area contributed by atoms with Crippen LogP contribution in [-0.2, 0) is 43.5 Å². The van der Waals surface area contributed by atoms with Crippen molar-refractivity contribution in [1.82, 2.24) is 29.3 Å². The van der Waals surface area contributed by atoms with Gasteiger partial charge in [-0.2, -0.15) is 5.10 Å². The van der Waals surface area contributed by atoms with Gasteiger partial charge < -0.3 is 37.7 Å². The maximum absolute atomic E-state index is 16.4. The van der Waals surface area contributed by atoms with Gasteiger partial charge in [-0.05, 0) is 88.0 Å². The maximum atomic E-state index is 16.4. The first-order chi connectivity index (χ1) is 34.4. The molecule has 3 aromatic carbocycles. The smallest absolute Gasteiger partial charge is 0.311 e. The van der Waals surface area contributed by atoms with E-state index in [1.807, 2.05) is 97.6 Å². The second-order valence-corrected chi connectivity index (χ2v) is 20.5. The van der Waals surface area contributed by atoms with Gasteiger partial charge in [-0.25, -0.2) is 24.0 Å². The van der Waals surface area contributed by atoms with Crippen LogP contribution in [0.3, 0.4) is 0 Å². The van der Waals surface area contributed by atoms with Crippen LogP contribution >= 0.6 is 11.6 Å². The van der Waals surface area contributed by atoms with Gasteiger partial charge in [-0.15, -0.1) is 0 Å². The second-order valence-electron chi connectivity index (χ2n) is 20.1. The summed E-state index contributed by atoms with van der Waals surface area (Å²) in [6.07, 6.45) is 6.53. The molecule has 5 fully saturated rings. The average Bonchev–Trinajstić information content (AvgIpc) is 3.93. The van der Waals surface area contributed by atoms with Crippen LogP contribution in [0, 0.1) is 23.6 Å². The summed E-state index contributed by atoms with van der Waals surface area (Å²) in [5.41, 5.74) is 3.13. The summed E-state index contributed by atoms with van der Waals surface area (Å²) < 4.78 is 62.6. The Hall–Kier alpha value is -5.65. The highest BCUT2D eigenvalue weighted by Crippen LogP contribution is 2.53. The lowest BCUT2D eigenvalue weighted by Gasteiger charge is -2.48. The molecule has 3 aliphatic carbocycles. The number of pyridine rings is 1. The van der Waals surface area contributed by atoms with E-state index < -0.39 is 47.0 Å². The molecule has 6 heterocycles. The normalized spacial score (nSPS) is 22.6. The Morgan fingerprint density at radius 1 is 0.732 bits per heavy atom. The van der Waals surface area contributed by atoms with Gasteiger partial charge in [-0.3, -0.25) is 4.79 Å². The molecule has 2 bridgehead atoms. The van der Waals surface area contributed by atoms with Crippen LogP contribution in [0.1, 0.15) is 76.1 Å². The van der Waals surface area contributed by atoms with E-state index in [1.54, 1.807) is 6.20 Å². The van der Waals surface area contributed by atoms with Crippen molar-refractivity contribution in [2.24, 2.45) is 17.8 Å². The molecule has 0 unspecified atom stereocenters. The number of aromatic nitrogens is 6. The van der Waals surface area contributed by atoms with Crippen LogP contribution < -0.4 is 0 Å². The van der Waals surface area contributed by atoms with Gasteiger partial charge in [0, 0.05) is 18.6 Å². The first-order valence-electron chi connectivity index (χ1n) is 24.6. The fraction of sp³-hybridized carbons (Fsp3) is 0.436. The van der Waals surface area contributed by atoms with Gasteiger partial charge in [0.05, 0.1) is 67.4 Å². The molecule has 370 valence electrons. The fourth-order valence-electron chi connectivity index (χ4n) is 11.2. The number of esters is 1. The molecular formula is C55H58ClFN6O8. The summed E-state index contributed by atoms with van der Waals surface area (Å²) >= 11 is 6.76. The zero-order valence-corrected chi connectivity index (χ0v) is 41.0. The van der Waals surface area contributed by atoms with Crippen molar-refractivity contribution in [3.05, 3.63) is 143 Å². The quantitative estimate of drug-likeness (QED) is 0.0756. The summed E-state index contributed by atoms with van der Waals surface area (Å²) in [4.78, 5) is 29.8. The molecule has 0 spiro atoms. The third-order valence-corrected chi connectivity index (χ3v) is 14.9. The topological polar surface area (TPSA) is 143 Å². The number of carbonyl (C=O) groups is 1. The predicted octanol–water partition coefficient (Wildman–Crippen LogP) is 9.70. The SMILES string of the molecule is CC1(C)OCC(OCC(COC2COC(C)(C)OC2)OC(=O)[C@H]2C3CCC(CC3)[C@@H]2n2cc(F)c3cnc(-c4nn(C(c5ccccc5)(c5ccccc5)c5ccccc5)c5ncc(Cl)cc45)nc32)CO1. The zero-order chi connectivity index (χ0) is 48.9. The molecule has 16 heteroatoms. The molecule has 71 heavy (non-hydrogen) atoms. The lowest BCUT2D eigenvalue weighted by Crippen LogP contribution is -2.48. The highest BCUT2D eigenvalue weighted by Gasteiger charge is 2.50. The Morgan fingerprint density at radius 2 is 1.25 bits per heavy atom. The minimum Gasteiger partial charge on any atom is -0.457 e. The molecule has 4 aromatic heterocycles. The fourth-order valence-corrected chi connectivity index (χ4v) is 11.3. The minimum absolute atomic E-state index is 0.00139. The van der Waals surface area contributed by atoms with Crippen LogP contribution in [0.5, 0.6) is 0 Å². The Kier molecular flexibility index (Phi) is 13.0. The molecule has 0 N–H and O–H groups in total. The van der Waals surface area contributed by atoms with E-state index >= 15 is 4.39 Å². The number of hydrogen-bond donors (Lipinski definition) is 0. The Labute approximate surface area is 416 Å². The molecule has 3 saturated carbocycles. The first kappa shape index (κ1) is 47.7. The lowest BCUT2D eigenvalue weighted by atomic mass is 9.61. The molecule has 2 atom stereocenters. The first-order valence-corrected chi connectivity index (χ1v) is 25.0. The molecule has 14 nitrogen and oxygen atoms in total. The van der Waals surface area contributed by atoms with Crippen molar-refractivity contribution in [2.75, 3.05) is 39.6 Å². The van der Waals surface area contributed by atoms with Gasteiger partial charge in [-0.1, -0.05) is 103 Å². The summed E-state index contributed by atoms with van der Waals surface area (Å²) in [5, 5.41) is 6.67. The molecule has 5 aliphatic rings. The maximum Gasteiger partial charge on any atom is 0.311 e. The largest absolute Gasteiger partial charge is 0.457 e. The summed E-state index contributed by atoms with van der Waals surface area (Å²) in [7, 11) is 0. The van der Waals surface area contributed by atoms with Gasteiger partial charge in [0.25, 0.3) is 0 Å². The number of halogens is 2. The molecular weight excluding hydrogens is 927 g/mol. The average molecular weight is 986 g/mol. The van der Waals surface area contributed by atoms with E-state index in [0.717, 1.165) is 42.4 Å². The number of fused-ring (bicyclic) bond motifs is 5. The lowest BCUT2D eigenvalue weighted by molar-refractivity contribution is -0.286. The minimum atomic E-state index is -1.02. The number of hydrogen-bond acceptors (Lipinski definition) is 12. The highest BCUT2D eigenvalue weighted by molar-refractivity contribution is 6.31. The van der Waals surface area contributed by atoms with Gasteiger partial charge in [0.15, 0.2) is 28.9 Å². The highest BCUT2D eigenvalue weighted by atomic mass is 35.5. The van der Waals surface area contributed by atoms with E-state index in [2.05, 4.69) is 36.4 Å². The number of benzene rings is 3. The zero-order valence-electron chi connectivity index (χ0n) is 40.3. The van der Waals surface area contributed by atoms with Crippen LogP contribution in [0.15, 0.2) is 116 Å². The number of carbonyl (C=O) groups excluding carboxylic acids is 1. The molecule has 12 rings (SSSR count). The van der Waals surface area contributed by atoms with Crippen LogP contribution in [0.25, 0.3) is 33.6 Å².